The molecule has 0 N–H and O–H groups in total. The lowest BCUT2D eigenvalue weighted by Crippen LogP contribution is -1.98. The van der Waals surface area contributed by atoms with Gasteiger partial charge in [0.05, 0.1) is 13.7 Å². The Bertz CT molecular complexity index is 526. The first-order valence-corrected chi connectivity index (χ1v) is 6.73. The predicted molar refractivity (Wildman–Crippen MR) is 77.4 cm³/mol. The summed E-state index contributed by atoms with van der Waals surface area (Å²) in [5, 5.41) is 0. The van der Waals surface area contributed by atoms with E-state index < -0.39 is 0 Å². The van der Waals surface area contributed by atoms with Crippen molar-refractivity contribution in [1.29, 1.82) is 0 Å². The Kier molecular flexibility index (Phi) is 5.56. The van der Waals surface area contributed by atoms with Crippen LogP contribution in [0.4, 0.5) is 4.39 Å². The van der Waals surface area contributed by atoms with Crippen LogP contribution in [0.5, 0.6) is 5.75 Å². The van der Waals surface area contributed by atoms with Gasteiger partial charge in [-0.3, -0.25) is 0 Å². The molecule has 0 unspecified atom stereocenters. The zero-order chi connectivity index (χ0) is 14.2. The first-order valence-electron chi connectivity index (χ1n) is 6.73. The number of hydrogen-bond acceptors (Lipinski definition) is 2. The third-order valence-electron chi connectivity index (χ3n) is 3.08. The number of aryl methyl sites for hydroxylation is 1. The minimum absolute atomic E-state index is 0.286. The van der Waals surface area contributed by atoms with Crippen molar-refractivity contribution in [3.8, 4) is 5.75 Å². The highest BCUT2D eigenvalue weighted by atomic mass is 19.1. The minimum atomic E-state index is -0.310. The van der Waals surface area contributed by atoms with E-state index in [1.165, 1.54) is 18.7 Å². The van der Waals surface area contributed by atoms with Crippen molar-refractivity contribution >= 4 is 0 Å². The molecule has 0 fully saturated rings. The fourth-order valence-electron chi connectivity index (χ4n) is 2.01. The van der Waals surface area contributed by atoms with Gasteiger partial charge in [0.15, 0.2) is 11.6 Å². The normalized spacial score (nSPS) is 10.5. The fraction of sp³-hybridized carbons (Fsp3) is 0.294. The second-order valence-corrected chi connectivity index (χ2v) is 4.61. The van der Waals surface area contributed by atoms with Crippen LogP contribution in [0.25, 0.3) is 0 Å². The van der Waals surface area contributed by atoms with Crippen molar-refractivity contribution in [2.75, 3.05) is 13.7 Å². The Labute approximate surface area is 119 Å². The Morgan fingerprint density at radius 1 is 1.00 bits per heavy atom. The number of halogens is 1. The monoisotopic (exact) mass is 274 g/mol. The van der Waals surface area contributed by atoms with E-state index in [0.717, 1.165) is 18.4 Å². The molecule has 0 saturated heterocycles. The number of hydrogen-bond donors (Lipinski definition) is 0. The van der Waals surface area contributed by atoms with E-state index in [4.69, 9.17) is 9.47 Å². The van der Waals surface area contributed by atoms with Crippen molar-refractivity contribution in [3.05, 3.63) is 65.5 Å². The average molecular weight is 274 g/mol. The summed E-state index contributed by atoms with van der Waals surface area (Å²) >= 11 is 0. The van der Waals surface area contributed by atoms with Crippen LogP contribution in [0.3, 0.4) is 0 Å². The predicted octanol–water partition coefficient (Wildman–Crippen LogP) is 3.98. The van der Waals surface area contributed by atoms with E-state index >= 15 is 0 Å². The van der Waals surface area contributed by atoms with Gasteiger partial charge in [-0.25, -0.2) is 4.39 Å². The Morgan fingerprint density at radius 2 is 1.80 bits per heavy atom. The molecule has 0 saturated carbocycles. The third-order valence-corrected chi connectivity index (χ3v) is 3.08. The number of methoxy groups -OCH3 is 1. The van der Waals surface area contributed by atoms with Gasteiger partial charge in [-0.05, 0) is 36.1 Å². The summed E-state index contributed by atoms with van der Waals surface area (Å²) < 4.78 is 24.0. The molecule has 2 nitrogen and oxygen atoms in total. The summed E-state index contributed by atoms with van der Waals surface area (Å²) in [4.78, 5) is 0. The summed E-state index contributed by atoms with van der Waals surface area (Å²) in [6.45, 7) is 1.29. The Balaban J connectivity index is 1.69. The molecular weight excluding hydrogens is 255 g/mol. The molecule has 0 aliphatic heterocycles. The molecule has 2 aromatic carbocycles. The van der Waals surface area contributed by atoms with Gasteiger partial charge in [0.25, 0.3) is 0 Å². The Morgan fingerprint density at radius 3 is 2.50 bits per heavy atom. The second-order valence-electron chi connectivity index (χ2n) is 4.61. The van der Waals surface area contributed by atoms with E-state index in [0.29, 0.717) is 13.2 Å². The van der Waals surface area contributed by atoms with E-state index in [2.05, 4.69) is 0 Å². The van der Waals surface area contributed by atoms with Gasteiger partial charge in [-0.15, -0.1) is 0 Å². The maximum absolute atomic E-state index is 13.5. The molecule has 0 radical (unpaired) electrons. The highest BCUT2D eigenvalue weighted by Crippen LogP contribution is 2.18. The van der Waals surface area contributed by atoms with Crippen LogP contribution in [0.1, 0.15) is 17.5 Å². The lowest BCUT2D eigenvalue weighted by molar-refractivity contribution is 0.118. The number of rotatable bonds is 7. The number of benzene rings is 2. The van der Waals surface area contributed by atoms with Crippen molar-refractivity contribution < 1.29 is 13.9 Å². The summed E-state index contributed by atoms with van der Waals surface area (Å²) in [7, 11) is 1.47. The molecule has 20 heavy (non-hydrogen) atoms. The highest BCUT2D eigenvalue weighted by Gasteiger charge is 2.03. The Hall–Kier alpha value is -1.87. The topological polar surface area (TPSA) is 18.5 Å². The van der Waals surface area contributed by atoms with Crippen LogP contribution in [0, 0.1) is 5.82 Å². The highest BCUT2D eigenvalue weighted by molar-refractivity contribution is 5.29. The molecule has 0 atom stereocenters. The zero-order valence-corrected chi connectivity index (χ0v) is 11.6. The van der Waals surface area contributed by atoms with E-state index in [-0.39, 0.29) is 11.6 Å². The van der Waals surface area contributed by atoms with Gasteiger partial charge >= 0.3 is 0 Å². The quantitative estimate of drug-likeness (QED) is 0.711. The maximum atomic E-state index is 13.5. The van der Waals surface area contributed by atoms with Crippen molar-refractivity contribution in [2.24, 2.45) is 0 Å². The molecule has 0 heterocycles. The maximum Gasteiger partial charge on any atom is 0.165 e. The molecule has 0 aliphatic rings. The van der Waals surface area contributed by atoms with Crippen LogP contribution >= 0.6 is 0 Å². The number of ether oxygens (including phenoxy) is 2. The fourth-order valence-corrected chi connectivity index (χ4v) is 2.01. The van der Waals surface area contributed by atoms with Crippen LogP contribution < -0.4 is 4.74 Å². The molecule has 2 aromatic rings. The lowest BCUT2D eigenvalue weighted by atomic mass is 10.1. The van der Waals surface area contributed by atoms with Gasteiger partial charge < -0.3 is 9.47 Å². The molecule has 0 spiro atoms. The van der Waals surface area contributed by atoms with Crippen LogP contribution in [-0.2, 0) is 17.8 Å². The van der Waals surface area contributed by atoms with Gasteiger partial charge in [0.2, 0.25) is 0 Å². The summed E-state index contributed by atoms with van der Waals surface area (Å²) in [6, 6.07) is 15.1. The van der Waals surface area contributed by atoms with Crippen LogP contribution in [0.15, 0.2) is 48.5 Å². The zero-order valence-electron chi connectivity index (χ0n) is 11.6. The molecule has 2 rings (SSSR count). The van der Waals surface area contributed by atoms with E-state index in [1.807, 2.05) is 36.4 Å². The van der Waals surface area contributed by atoms with E-state index in [9.17, 15) is 4.39 Å². The molecule has 0 aliphatic carbocycles. The molecular formula is C17H19FO2. The SMILES string of the molecule is COc1ccc(CCCOCc2ccccc2)cc1F. The van der Waals surface area contributed by atoms with Crippen LogP contribution in [0.2, 0.25) is 0 Å². The molecule has 106 valence electrons. The standard InChI is InChI=1S/C17H19FO2/c1-19-17-10-9-14(12-16(17)18)8-5-11-20-13-15-6-3-2-4-7-15/h2-4,6-7,9-10,12H,5,8,11,13H2,1H3. The van der Waals surface area contributed by atoms with Gasteiger partial charge in [0, 0.05) is 6.61 Å². The smallest absolute Gasteiger partial charge is 0.165 e. The van der Waals surface area contributed by atoms with Crippen molar-refractivity contribution in [2.45, 2.75) is 19.4 Å². The van der Waals surface area contributed by atoms with Gasteiger partial charge in [0.1, 0.15) is 0 Å². The van der Waals surface area contributed by atoms with E-state index in [1.54, 1.807) is 6.07 Å². The molecule has 0 bridgehead atoms. The third kappa shape index (κ3) is 4.35. The van der Waals surface area contributed by atoms with Gasteiger partial charge in [-0.1, -0.05) is 36.4 Å². The molecule has 3 heteroatoms. The molecule has 0 amide bonds. The first-order chi connectivity index (χ1) is 9.79. The largest absolute Gasteiger partial charge is 0.494 e. The first kappa shape index (κ1) is 14.5. The van der Waals surface area contributed by atoms with Gasteiger partial charge in [-0.2, -0.15) is 0 Å². The van der Waals surface area contributed by atoms with Crippen molar-refractivity contribution in [1.82, 2.24) is 0 Å². The second kappa shape index (κ2) is 7.65. The lowest BCUT2D eigenvalue weighted by Gasteiger charge is -2.06. The summed E-state index contributed by atoms with van der Waals surface area (Å²) in [5.41, 5.74) is 2.13. The average Bonchev–Trinajstić information content (AvgIpc) is 2.48. The van der Waals surface area contributed by atoms with Crippen LogP contribution in [-0.4, -0.2) is 13.7 Å². The summed E-state index contributed by atoms with van der Waals surface area (Å²) in [6.07, 6.45) is 1.67. The summed E-state index contributed by atoms with van der Waals surface area (Å²) in [5.74, 6) is -0.0238. The molecule has 0 aromatic heterocycles. The minimum Gasteiger partial charge on any atom is -0.494 e. The van der Waals surface area contributed by atoms with Crippen molar-refractivity contribution in [3.63, 3.8) is 0 Å².